The Kier molecular flexibility index (Phi) is 3.77. The molecule has 1 atom stereocenters. The Labute approximate surface area is 92.1 Å². The van der Waals surface area contributed by atoms with E-state index in [4.69, 9.17) is 0 Å². The van der Waals surface area contributed by atoms with Gasteiger partial charge in [0.15, 0.2) is 0 Å². The molecule has 2 nitrogen and oxygen atoms in total. The zero-order valence-electron chi connectivity index (χ0n) is 10.1. The monoisotopic (exact) mass is 212 g/mol. The number of allylic oxidation sites excluding steroid dienone is 2. The van der Waals surface area contributed by atoms with Crippen LogP contribution in [0, 0.1) is 0 Å². The molecular formula is C12H21FN2. The van der Waals surface area contributed by atoms with Gasteiger partial charge in [-0.2, -0.15) is 0 Å². The first-order valence-electron chi connectivity index (χ1n) is 5.46. The Hall–Kier alpha value is -0.990. The maximum absolute atomic E-state index is 13.8. The summed E-state index contributed by atoms with van der Waals surface area (Å²) in [5, 5.41) is 0. The fourth-order valence-corrected chi connectivity index (χ4v) is 1.73. The van der Waals surface area contributed by atoms with Crippen molar-refractivity contribution < 1.29 is 4.39 Å². The minimum Gasteiger partial charge on any atom is -0.358 e. The van der Waals surface area contributed by atoms with Crippen LogP contribution in [0.1, 0.15) is 26.7 Å². The summed E-state index contributed by atoms with van der Waals surface area (Å²) >= 11 is 0. The molecule has 1 rings (SSSR count). The maximum atomic E-state index is 13.8. The highest BCUT2D eigenvalue weighted by molar-refractivity contribution is 5.11. The number of rotatable bonds is 4. The first-order chi connectivity index (χ1) is 6.96. The van der Waals surface area contributed by atoms with Crippen LogP contribution < -0.4 is 0 Å². The van der Waals surface area contributed by atoms with E-state index in [1.165, 1.54) is 0 Å². The lowest BCUT2D eigenvalue weighted by Crippen LogP contribution is -2.38. The zero-order valence-corrected chi connectivity index (χ0v) is 10.1. The van der Waals surface area contributed by atoms with Crippen LogP contribution in [-0.2, 0) is 0 Å². The Morgan fingerprint density at radius 2 is 2.27 bits per heavy atom. The molecule has 15 heavy (non-hydrogen) atoms. The van der Waals surface area contributed by atoms with Gasteiger partial charge >= 0.3 is 0 Å². The van der Waals surface area contributed by atoms with Crippen LogP contribution in [0.2, 0.25) is 0 Å². The second-order valence-electron chi connectivity index (χ2n) is 4.42. The van der Waals surface area contributed by atoms with Gasteiger partial charge in [0.1, 0.15) is 11.5 Å². The molecule has 0 aromatic rings. The van der Waals surface area contributed by atoms with Crippen molar-refractivity contribution in [1.29, 1.82) is 0 Å². The molecule has 1 unspecified atom stereocenters. The van der Waals surface area contributed by atoms with Crippen molar-refractivity contribution in [3.8, 4) is 0 Å². The number of hydrogen-bond donors (Lipinski definition) is 0. The normalized spacial score (nSPS) is 19.8. The third-order valence-electron chi connectivity index (χ3n) is 2.82. The summed E-state index contributed by atoms with van der Waals surface area (Å²) in [6.07, 6.45) is 7.70. The minimum absolute atomic E-state index is 0.438. The predicted octanol–water partition coefficient (Wildman–Crippen LogP) is 2.75. The van der Waals surface area contributed by atoms with Gasteiger partial charge in [-0.1, -0.05) is 13.0 Å². The molecule has 0 aromatic carbocycles. The molecule has 0 radical (unpaired) electrons. The summed E-state index contributed by atoms with van der Waals surface area (Å²) in [5.41, 5.74) is -1.11. The van der Waals surface area contributed by atoms with Crippen molar-refractivity contribution in [2.24, 2.45) is 0 Å². The van der Waals surface area contributed by atoms with Crippen molar-refractivity contribution in [1.82, 2.24) is 9.80 Å². The molecule has 0 spiro atoms. The minimum atomic E-state index is -1.11. The van der Waals surface area contributed by atoms with E-state index in [0.29, 0.717) is 13.0 Å². The van der Waals surface area contributed by atoms with E-state index < -0.39 is 5.67 Å². The summed E-state index contributed by atoms with van der Waals surface area (Å²) in [5.74, 6) is 1.08. The molecule has 3 heteroatoms. The first-order valence-corrected chi connectivity index (χ1v) is 5.46. The number of halogens is 1. The lowest BCUT2D eigenvalue weighted by Gasteiger charge is -2.34. The third-order valence-corrected chi connectivity index (χ3v) is 2.82. The highest BCUT2D eigenvalue weighted by Gasteiger charge is 2.24. The lowest BCUT2D eigenvalue weighted by molar-refractivity contribution is 0.124. The van der Waals surface area contributed by atoms with E-state index in [2.05, 4.69) is 12.2 Å². The van der Waals surface area contributed by atoms with Gasteiger partial charge in [0.05, 0.1) is 6.54 Å². The molecule has 0 saturated heterocycles. The fourth-order valence-electron chi connectivity index (χ4n) is 1.73. The van der Waals surface area contributed by atoms with Gasteiger partial charge in [-0.3, -0.25) is 0 Å². The second-order valence-corrected chi connectivity index (χ2v) is 4.42. The molecule has 0 N–H and O–H groups in total. The Balaban J connectivity index is 2.61. The van der Waals surface area contributed by atoms with Gasteiger partial charge < -0.3 is 9.80 Å². The highest BCUT2D eigenvalue weighted by Crippen LogP contribution is 2.21. The molecule has 1 aliphatic rings. The number of hydrogen-bond acceptors (Lipinski definition) is 2. The van der Waals surface area contributed by atoms with Crippen LogP contribution in [0.4, 0.5) is 4.39 Å². The summed E-state index contributed by atoms with van der Waals surface area (Å²) in [7, 11) is 3.93. The average molecular weight is 212 g/mol. The molecular weight excluding hydrogens is 191 g/mol. The summed E-state index contributed by atoms with van der Waals surface area (Å²) < 4.78 is 13.8. The van der Waals surface area contributed by atoms with Crippen LogP contribution in [0.3, 0.4) is 0 Å². The topological polar surface area (TPSA) is 6.48 Å². The molecule has 1 heterocycles. The Bertz CT molecular complexity index is 269. The van der Waals surface area contributed by atoms with Gasteiger partial charge in [-0.15, -0.1) is 0 Å². The van der Waals surface area contributed by atoms with E-state index in [0.717, 1.165) is 12.2 Å². The quantitative estimate of drug-likeness (QED) is 0.707. The third kappa shape index (κ3) is 3.26. The number of nitrogens with zero attached hydrogens (tertiary/aromatic N) is 2. The van der Waals surface area contributed by atoms with Crippen molar-refractivity contribution in [3.05, 3.63) is 24.2 Å². The molecule has 0 saturated carbocycles. The van der Waals surface area contributed by atoms with Gasteiger partial charge in [-0.25, -0.2) is 4.39 Å². The lowest BCUT2D eigenvalue weighted by atomic mass is 10.1. The van der Waals surface area contributed by atoms with Gasteiger partial charge in [0.25, 0.3) is 0 Å². The van der Waals surface area contributed by atoms with Crippen molar-refractivity contribution in [2.45, 2.75) is 32.4 Å². The Morgan fingerprint density at radius 1 is 1.60 bits per heavy atom. The molecule has 0 bridgehead atoms. The molecule has 0 aromatic heterocycles. The molecule has 86 valence electrons. The number of alkyl halides is 1. The SMILES string of the molecule is CCC(C)(F)CN(C)C1=CCC=CN1C. The molecule has 0 fully saturated rings. The largest absolute Gasteiger partial charge is 0.358 e. The van der Waals surface area contributed by atoms with Crippen LogP contribution in [0.5, 0.6) is 0 Å². The van der Waals surface area contributed by atoms with Crippen LogP contribution >= 0.6 is 0 Å². The van der Waals surface area contributed by atoms with Gasteiger partial charge in [0, 0.05) is 20.3 Å². The highest BCUT2D eigenvalue weighted by atomic mass is 19.1. The standard InChI is InChI=1S/C12H21FN2/c1-5-12(2,13)10-15(4)11-8-6-7-9-14(11)3/h7-9H,5-6,10H2,1-4H3. The zero-order chi connectivity index (χ0) is 11.5. The first kappa shape index (κ1) is 12.1. The summed E-state index contributed by atoms with van der Waals surface area (Å²) in [6, 6.07) is 0. The van der Waals surface area contributed by atoms with Gasteiger partial charge in [0.2, 0.25) is 0 Å². The maximum Gasteiger partial charge on any atom is 0.125 e. The van der Waals surface area contributed by atoms with Crippen molar-refractivity contribution >= 4 is 0 Å². The van der Waals surface area contributed by atoms with Crippen LogP contribution in [0.15, 0.2) is 24.2 Å². The molecule has 1 aliphatic heterocycles. The molecule has 0 amide bonds. The predicted molar refractivity (Wildman–Crippen MR) is 62.0 cm³/mol. The van der Waals surface area contributed by atoms with E-state index in [1.54, 1.807) is 6.92 Å². The average Bonchev–Trinajstić information content (AvgIpc) is 2.17. The van der Waals surface area contributed by atoms with E-state index in [9.17, 15) is 4.39 Å². The summed E-state index contributed by atoms with van der Waals surface area (Å²) in [6.45, 7) is 3.98. The van der Waals surface area contributed by atoms with Crippen molar-refractivity contribution in [2.75, 3.05) is 20.6 Å². The van der Waals surface area contributed by atoms with Gasteiger partial charge in [-0.05, 0) is 25.8 Å². The van der Waals surface area contributed by atoms with E-state index in [-0.39, 0.29) is 0 Å². The summed E-state index contributed by atoms with van der Waals surface area (Å²) in [4.78, 5) is 4.00. The van der Waals surface area contributed by atoms with E-state index >= 15 is 0 Å². The van der Waals surface area contributed by atoms with Crippen molar-refractivity contribution in [3.63, 3.8) is 0 Å². The van der Waals surface area contributed by atoms with E-state index in [1.807, 2.05) is 37.0 Å². The second kappa shape index (κ2) is 4.69. The molecule has 0 aliphatic carbocycles. The Morgan fingerprint density at radius 3 is 2.80 bits per heavy atom. The van der Waals surface area contributed by atoms with Crippen LogP contribution in [-0.4, -0.2) is 36.1 Å². The fraction of sp³-hybridized carbons (Fsp3) is 0.667. The smallest absolute Gasteiger partial charge is 0.125 e. The van der Waals surface area contributed by atoms with Crippen LogP contribution in [0.25, 0.3) is 0 Å².